The maximum absolute atomic E-state index is 10.8. The number of hydrogen-bond donors (Lipinski definition) is 0. The Morgan fingerprint density at radius 2 is 1.42 bits per heavy atom. The van der Waals surface area contributed by atoms with Gasteiger partial charge in [-0.3, -0.25) is 4.79 Å². The van der Waals surface area contributed by atoms with E-state index in [1.807, 2.05) is 48.6 Å². The van der Waals surface area contributed by atoms with Crippen molar-refractivity contribution >= 4 is 34.1 Å². The van der Waals surface area contributed by atoms with Crippen molar-refractivity contribution in [1.82, 2.24) is 0 Å². The molecular formula is C16H13BrO2. The van der Waals surface area contributed by atoms with Crippen molar-refractivity contribution in [2.24, 2.45) is 0 Å². The van der Waals surface area contributed by atoms with E-state index >= 15 is 0 Å². The van der Waals surface area contributed by atoms with Crippen molar-refractivity contribution in [1.29, 1.82) is 0 Å². The number of ether oxygens (including phenoxy) is 1. The largest absolute Gasteiger partial charge is 0.427 e. The average molecular weight is 317 g/mol. The third kappa shape index (κ3) is 4.38. The maximum atomic E-state index is 10.8. The predicted octanol–water partition coefficient (Wildman–Crippen LogP) is 4.54. The van der Waals surface area contributed by atoms with Crippen LogP contribution in [0.25, 0.3) is 12.2 Å². The van der Waals surface area contributed by atoms with Crippen LogP contribution in [0.4, 0.5) is 0 Å². The summed E-state index contributed by atoms with van der Waals surface area (Å²) in [4.78, 5) is 10.8. The molecule has 0 heterocycles. The van der Waals surface area contributed by atoms with E-state index in [0.717, 1.165) is 15.6 Å². The minimum atomic E-state index is -0.307. The fourth-order valence-electron chi connectivity index (χ4n) is 1.58. The van der Waals surface area contributed by atoms with E-state index in [4.69, 9.17) is 4.74 Å². The molecule has 19 heavy (non-hydrogen) atoms. The quantitative estimate of drug-likeness (QED) is 0.472. The van der Waals surface area contributed by atoms with Gasteiger partial charge in [-0.05, 0) is 35.4 Å². The van der Waals surface area contributed by atoms with Crippen LogP contribution in [0, 0.1) is 0 Å². The molecule has 0 atom stereocenters. The zero-order valence-electron chi connectivity index (χ0n) is 10.5. The van der Waals surface area contributed by atoms with Gasteiger partial charge in [-0.2, -0.15) is 0 Å². The number of esters is 1. The highest BCUT2D eigenvalue weighted by Crippen LogP contribution is 2.16. The molecule has 3 heteroatoms. The van der Waals surface area contributed by atoms with Crippen LogP contribution in [0.1, 0.15) is 18.1 Å². The molecule has 0 amide bonds. The lowest BCUT2D eigenvalue weighted by molar-refractivity contribution is -0.131. The van der Waals surface area contributed by atoms with Crippen LogP contribution in [0.15, 0.2) is 53.0 Å². The van der Waals surface area contributed by atoms with Crippen molar-refractivity contribution in [2.45, 2.75) is 6.92 Å². The van der Waals surface area contributed by atoms with Gasteiger partial charge in [0.1, 0.15) is 5.75 Å². The van der Waals surface area contributed by atoms with E-state index in [-0.39, 0.29) is 5.97 Å². The molecule has 0 bridgehead atoms. The zero-order chi connectivity index (χ0) is 13.7. The molecule has 0 spiro atoms. The number of benzene rings is 2. The number of halogens is 1. The molecule has 0 aliphatic heterocycles. The van der Waals surface area contributed by atoms with E-state index in [1.54, 1.807) is 12.1 Å². The van der Waals surface area contributed by atoms with E-state index in [2.05, 4.69) is 15.9 Å². The second kappa shape index (κ2) is 6.34. The van der Waals surface area contributed by atoms with Crippen LogP contribution >= 0.6 is 15.9 Å². The Morgan fingerprint density at radius 1 is 0.947 bits per heavy atom. The van der Waals surface area contributed by atoms with Crippen molar-refractivity contribution in [3.8, 4) is 5.75 Å². The van der Waals surface area contributed by atoms with Crippen molar-refractivity contribution in [2.75, 3.05) is 0 Å². The summed E-state index contributed by atoms with van der Waals surface area (Å²) in [5.41, 5.74) is 2.19. The van der Waals surface area contributed by atoms with E-state index in [9.17, 15) is 4.79 Å². The number of hydrogen-bond acceptors (Lipinski definition) is 2. The van der Waals surface area contributed by atoms with Crippen molar-refractivity contribution in [3.05, 3.63) is 64.1 Å². The second-order valence-electron chi connectivity index (χ2n) is 4.05. The second-order valence-corrected chi connectivity index (χ2v) is 4.96. The molecule has 96 valence electrons. The summed E-state index contributed by atoms with van der Waals surface area (Å²) in [6.07, 6.45) is 4.05. The molecule has 0 N–H and O–H groups in total. The molecule has 2 aromatic carbocycles. The number of carbonyl (C=O) groups excluding carboxylic acids is 1. The first-order valence-corrected chi connectivity index (χ1v) is 6.65. The molecule has 2 nitrogen and oxygen atoms in total. The van der Waals surface area contributed by atoms with Gasteiger partial charge in [-0.15, -0.1) is 0 Å². The van der Waals surface area contributed by atoms with Crippen LogP contribution in [0.2, 0.25) is 0 Å². The van der Waals surface area contributed by atoms with Crippen LogP contribution in [-0.4, -0.2) is 5.97 Å². The Bertz CT molecular complexity index is 583. The topological polar surface area (TPSA) is 26.3 Å². The summed E-state index contributed by atoms with van der Waals surface area (Å²) in [5.74, 6) is 0.256. The monoisotopic (exact) mass is 316 g/mol. The third-order valence-corrected chi connectivity index (χ3v) is 3.01. The van der Waals surface area contributed by atoms with Crippen molar-refractivity contribution < 1.29 is 9.53 Å². The maximum Gasteiger partial charge on any atom is 0.308 e. The summed E-state index contributed by atoms with van der Waals surface area (Å²) >= 11 is 3.40. The summed E-state index contributed by atoms with van der Waals surface area (Å²) in [5, 5.41) is 0. The first kappa shape index (κ1) is 13.6. The van der Waals surface area contributed by atoms with E-state index < -0.39 is 0 Å². The molecule has 0 radical (unpaired) electrons. The molecule has 0 aliphatic carbocycles. The average Bonchev–Trinajstić information content (AvgIpc) is 2.39. The van der Waals surface area contributed by atoms with E-state index in [1.165, 1.54) is 6.92 Å². The highest BCUT2D eigenvalue weighted by atomic mass is 79.9. The molecule has 0 fully saturated rings. The van der Waals surface area contributed by atoms with E-state index in [0.29, 0.717) is 5.75 Å². The number of rotatable bonds is 3. The SMILES string of the molecule is CC(=O)Oc1ccc(/C=C/c2ccc(Br)cc2)cc1. The fraction of sp³-hybridized carbons (Fsp3) is 0.0625. The molecule has 0 saturated carbocycles. The number of carbonyl (C=O) groups is 1. The normalized spacial score (nSPS) is 10.6. The standard InChI is InChI=1S/C16H13BrO2/c1-12(18)19-16-10-6-14(7-11-16)3-2-13-4-8-15(17)9-5-13/h2-11H,1H3/b3-2+. The minimum Gasteiger partial charge on any atom is -0.427 e. The lowest BCUT2D eigenvalue weighted by atomic mass is 10.1. The summed E-state index contributed by atoms with van der Waals surface area (Å²) < 4.78 is 6.04. The smallest absolute Gasteiger partial charge is 0.308 e. The third-order valence-electron chi connectivity index (χ3n) is 2.48. The van der Waals surface area contributed by atoms with Gasteiger partial charge < -0.3 is 4.74 Å². The van der Waals surface area contributed by atoms with Gasteiger partial charge in [0.2, 0.25) is 0 Å². The van der Waals surface area contributed by atoms with Gasteiger partial charge in [0.25, 0.3) is 0 Å². The lowest BCUT2D eigenvalue weighted by Gasteiger charge is -2.01. The highest BCUT2D eigenvalue weighted by Gasteiger charge is 1.96. The van der Waals surface area contributed by atoms with Crippen LogP contribution in [0.5, 0.6) is 5.75 Å². The van der Waals surface area contributed by atoms with Crippen LogP contribution in [0.3, 0.4) is 0 Å². The Kier molecular flexibility index (Phi) is 4.53. The van der Waals surface area contributed by atoms with Crippen molar-refractivity contribution in [3.63, 3.8) is 0 Å². The first-order valence-electron chi connectivity index (χ1n) is 5.85. The zero-order valence-corrected chi connectivity index (χ0v) is 12.1. The molecule has 2 aromatic rings. The summed E-state index contributed by atoms with van der Waals surface area (Å²) in [6, 6.07) is 15.5. The fourth-order valence-corrected chi connectivity index (χ4v) is 1.84. The van der Waals surface area contributed by atoms with Crippen LogP contribution < -0.4 is 4.74 Å². The minimum absolute atomic E-state index is 0.307. The van der Waals surface area contributed by atoms with Gasteiger partial charge >= 0.3 is 5.97 Å². The first-order chi connectivity index (χ1) is 9.13. The van der Waals surface area contributed by atoms with Gasteiger partial charge in [0.05, 0.1) is 0 Å². The molecule has 0 saturated heterocycles. The Balaban J connectivity index is 2.06. The lowest BCUT2D eigenvalue weighted by Crippen LogP contribution is -2.00. The molecule has 0 aliphatic rings. The summed E-state index contributed by atoms with van der Waals surface area (Å²) in [6.45, 7) is 1.39. The van der Waals surface area contributed by atoms with Gasteiger partial charge in [0, 0.05) is 11.4 Å². The molecular weight excluding hydrogens is 304 g/mol. The molecule has 0 unspecified atom stereocenters. The summed E-state index contributed by atoms with van der Waals surface area (Å²) in [7, 11) is 0. The molecule has 0 aromatic heterocycles. The Hall–Kier alpha value is -1.87. The predicted molar refractivity (Wildman–Crippen MR) is 80.8 cm³/mol. The molecule has 2 rings (SSSR count). The Morgan fingerprint density at radius 3 is 1.89 bits per heavy atom. The van der Waals surface area contributed by atoms with Gasteiger partial charge in [0.15, 0.2) is 0 Å². The van der Waals surface area contributed by atoms with Gasteiger partial charge in [-0.25, -0.2) is 0 Å². The highest BCUT2D eigenvalue weighted by molar-refractivity contribution is 9.10. The Labute approximate surface area is 120 Å². The van der Waals surface area contributed by atoms with Gasteiger partial charge in [-0.1, -0.05) is 52.3 Å². The van der Waals surface area contributed by atoms with Crippen LogP contribution in [-0.2, 0) is 4.79 Å².